The molecule has 3 aromatic rings. The molecule has 0 bridgehead atoms. The van der Waals surface area contributed by atoms with Gasteiger partial charge in [-0.15, -0.1) is 35.3 Å². The fourth-order valence-electron chi connectivity index (χ4n) is 2.26. The molecule has 30 heavy (non-hydrogen) atoms. The molecule has 2 aromatic heterocycles. The molecule has 3 rings (SSSR count). The van der Waals surface area contributed by atoms with Crippen molar-refractivity contribution in [2.24, 2.45) is 4.99 Å². The van der Waals surface area contributed by atoms with E-state index in [4.69, 9.17) is 16.1 Å². The van der Waals surface area contributed by atoms with Crippen LogP contribution in [0.2, 0.25) is 5.02 Å². The third-order valence-electron chi connectivity index (χ3n) is 3.67. The molecule has 0 atom stereocenters. The first kappa shape index (κ1) is 24.3. The van der Waals surface area contributed by atoms with Crippen LogP contribution < -0.4 is 10.6 Å². The molecule has 0 unspecified atom stereocenters. The maximum absolute atomic E-state index is 12.6. The van der Waals surface area contributed by atoms with Crippen molar-refractivity contribution in [3.05, 3.63) is 51.3 Å². The number of benzene rings is 1. The van der Waals surface area contributed by atoms with Crippen LogP contribution in [-0.2, 0) is 19.1 Å². The summed E-state index contributed by atoms with van der Waals surface area (Å²) in [7, 11) is 1.56. The first-order chi connectivity index (χ1) is 13.8. The van der Waals surface area contributed by atoms with Gasteiger partial charge in [-0.3, -0.25) is 4.99 Å². The molecule has 7 nitrogen and oxygen atoms in total. The SMILES string of the molecule is CN=C(NCCc1nc(-c2ccc(Cl)cc2)no1)NCc1nc(C(F)(F)F)cs1.I. The Morgan fingerprint density at radius 3 is 2.57 bits per heavy atom. The number of alkyl halides is 3. The van der Waals surface area contributed by atoms with Crippen molar-refractivity contribution in [3.63, 3.8) is 0 Å². The van der Waals surface area contributed by atoms with E-state index in [0.717, 1.165) is 22.3 Å². The second-order valence-electron chi connectivity index (χ2n) is 5.75. The van der Waals surface area contributed by atoms with Crippen LogP contribution in [0.4, 0.5) is 13.2 Å². The van der Waals surface area contributed by atoms with Crippen LogP contribution in [0.3, 0.4) is 0 Å². The lowest BCUT2D eigenvalue weighted by atomic mass is 10.2. The van der Waals surface area contributed by atoms with E-state index < -0.39 is 11.9 Å². The van der Waals surface area contributed by atoms with Crippen molar-refractivity contribution in [2.75, 3.05) is 13.6 Å². The minimum atomic E-state index is -4.44. The molecule has 0 saturated carbocycles. The minimum absolute atomic E-state index is 0. The van der Waals surface area contributed by atoms with E-state index >= 15 is 0 Å². The predicted octanol–water partition coefficient (Wildman–Crippen LogP) is 4.39. The number of rotatable bonds is 6. The van der Waals surface area contributed by atoms with Crippen LogP contribution in [-0.4, -0.2) is 34.7 Å². The van der Waals surface area contributed by atoms with Gasteiger partial charge < -0.3 is 15.2 Å². The van der Waals surface area contributed by atoms with Gasteiger partial charge in [-0.25, -0.2) is 4.98 Å². The molecule has 0 aliphatic rings. The van der Waals surface area contributed by atoms with E-state index in [0.29, 0.717) is 40.7 Å². The van der Waals surface area contributed by atoms with E-state index in [2.05, 4.69) is 30.8 Å². The molecule has 2 N–H and O–H groups in total. The van der Waals surface area contributed by atoms with Crippen LogP contribution in [0.25, 0.3) is 11.4 Å². The third-order valence-corrected chi connectivity index (χ3v) is 4.78. The molecule has 0 aliphatic carbocycles. The number of halogens is 5. The summed E-state index contributed by atoms with van der Waals surface area (Å²) >= 11 is 6.79. The van der Waals surface area contributed by atoms with Crippen molar-refractivity contribution >= 4 is 52.9 Å². The summed E-state index contributed by atoms with van der Waals surface area (Å²) in [6, 6.07) is 7.07. The van der Waals surface area contributed by atoms with Gasteiger partial charge in [0.25, 0.3) is 0 Å². The minimum Gasteiger partial charge on any atom is -0.356 e. The van der Waals surface area contributed by atoms with Gasteiger partial charge in [0.2, 0.25) is 11.7 Å². The summed E-state index contributed by atoms with van der Waals surface area (Å²) in [6.07, 6.45) is -4.00. The molecule has 1 aromatic carbocycles. The van der Waals surface area contributed by atoms with Crippen molar-refractivity contribution in [2.45, 2.75) is 19.1 Å². The van der Waals surface area contributed by atoms with Gasteiger partial charge in [0, 0.05) is 36.0 Å². The highest BCUT2D eigenvalue weighted by atomic mass is 127. The summed E-state index contributed by atoms with van der Waals surface area (Å²) in [6.45, 7) is 0.565. The molecule has 0 radical (unpaired) electrons. The Labute approximate surface area is 196 Å². The lowest BCUT2D eigenvalue weighted by Crippen LogP contribution is -2.37. The van der Waals surface area contributed by atoms with Gasteiger partial charge in [0.15, 0.2) is 11.7 Å². The predicted molar refractivity (Wildman–Crippen MR) is 119 cm³/mol. The first-order valence-corrected chi connectivity index (χ1v) is 9.65. The van der Waals surface area contributed by atoms with E-state index in [1.165, 1.54) is 0 Å². The number of hydrogen-bond donors (Lipinski definition) is 2. The number of aliphatic imine (C=N–C) groups is 1. The lowest BCUT2D eigenvalue weighted by molar-refractivity contribution is -0.140. The summed E-state index contributed by atoms with van der Waals surface area (Å²) in [5, 5.41) is 11.8. The topological polar surface area (TPSA) is 88.2 Å². The molecule has 0 amide bonds. The maximum atomic E-state index is 12.6. The van der Waals surface area contributed by atoms with Crippen molar-refractivity contribution in [1.82, 2.24) is 25.8 Å². The quantitative estimate of drug-likeness (QED) is 0.259. The summed E-state index contributed by atoms with van der Waals surface area (Å²) < 4.78 is 43.0. The zero-order valence-electron chi connectivity index (χ0n) is 15.5. The molecular weight excluding hydrogens is 556 g/mol. The van der Waals surface area contributed by atoms with Crippen LogP contribution in [0, 0.1) is 0 Å². The fraction of sp³-hybridized carbons (Fsp3) is 0.294. The average Bonchev–Trinajstić information content (AvgIpc) is 3.34. The standard InChI is InChI=1S/C17H16ClF3N6OS.HI/c1-22-16(24-8-14-25-12(9-29-14)17(19,20)21)23-7-6-13-26-15(27-28-13)10-2-4-11(18)5-3-10;/h2-5,9H,6-8H2,1H3,(H2,22,23,24);1H. The van der Waals surface area contributed by atoms with Crippen molar-refractivity contribution in [3.8, 4) is 11.4 Å². The number of nitrogens with one attached hydrogen (secondary N) is 2. The number of nitrogens with zero attached hydrogens (tertiary/aromatic N) is 4. The summed E-state index contributed by atoms with van der Waals surface area (Å²) in [5.41, 5.74) is -0.105. The zero-order valence-corrected chi connectivity index (χ0v) is 19.4. The number of aromatic nitrogens is 3. The second-order valence-corrected chi connectivity index (χ2v) is 7.12. The monoisotopic (exact) mass is 572 g/mol. The van der Waals surface area contributed by atoms with Crippen molar-refractivity contribution in [1.29, 1.82) is 0 Å². The van der Waals surface area contributed by atoms with Crippen LogP contribution in [0.15, 0.2) is 39.2 Å². The Bertz CT molecular complexity index is 977. The van der Waals surface area contributed by atoms with Gasteiger partial charge in [-0.05, 0) is 24.3 Å². The maximum Gasteiger partial charge on any atom is 0.434 e. The highest BCUT2D eigenvalue weighted by molar-refractivity contribution is 14.0. The van der Waals surface area contributed by atoms with Gasteiger partial charge in [0.05, 0.1) is 6.54 Å². The van der Waals surface area contributed by atoms with Crippen LogP contribution in [0.1, 0.15) is 16.6 Å². The normalized spacial score (nSPS) is 11.8. The fourth-order valence-corrected chi connectivity index (χ4v) is 3.13. The molecule has 13 heteroatoms. The lowest BCUT2D eigenvalue weighted by Gasteiger charge is -2.09. The Hall–Kier alpha value is -1.93. The second kappa shape index (κ2) is 10.9. The molecule has 0 spiro atoms. The summed E-state index contributed by atoms with van der Waals surface area (Å²) in [4.78, 5) is 11.9. The van der Waals surface area contributed by atoms with Crippen molar-refractivity contribution < 1.29 is 17.7 Å². The zero-order chi connectivity index (χ0) is 20.9. The van der Waals surface area contributed by atoms with Gasteiger partial charge in [-0.1, -0.05) is 16.8 Å². The molecular formula is C17H17ClF3IN6OS. The molecule has 162 valence electrons. The Kier molecular flexibility index (Phi) is 8.85. The molecule has 0 fully saturated rings. The Morgan fingerprint density at radius 1 is 1.20 bits per heavy atom. The molecule has 0 saturated heterocycles. The Balaban J connectivity index is 0.00000320. The number of guanidine groups is 1. The molecule has 2 heterocycles. The molecule has 0 aliphatic heterocycles. The smallest absolute Gasteiger partial charge is 0.356 e. The van der Waals surface area contributed by atoms with E-state index in [1.54, 1.807) is 31.3 Å². The first-order valence-electron chi connectivity index (χ1n) is 8.40. The van der Waals surface area contributed by atoms with E-state index in [-0.39, 0.29) is 30.5 Å². The largest absolute Gasteiger partial charge is 0.434 e. The number of thiazole rings is 1. The van der Waals surface area contributed by atoms with Gasteiger partial charge in [-0.2, -0.15) is 18.2 Å². The summed E-state index contributed by atoms with van der Waals surface area (Å²) in [5.74, 6) is 1.32. The highest BCUT2D eigenvalue weighted by Crippen LogP contribution is 2.29. The Morgan fingerprint density at radius 2 is 1.93 bits per heavy atom. The van der Waals surface area contributed by atoms with E-state index in [9.17, 15) is 13.2 Å². The van der Waals surface area contributed by atoms with Gasteiger partial charge in [0.1, 0.15) is 5.01 Å². The number of hydrogen-bond acceptors (Lipinski definition) is 6. The average molecular weight is 573 g/mol. The van der Waals surface area contributed by atoms with Crippen LogP contribution in [0.5, 0.6) is 0 Å². The third kappa shape index (κ3) is 6.80. The van der Waals surface area contributed by atoms with Crippen LogP contribution >= 0.6 is 46.9 Å². The van der Waals surface area contributed by atoms with Gasteiger partial charge >= 0.3 is 6.18 Å². The highest BCUT2D eigenvalue weighted by Gasteiger charge is 2.33. The van der Waals surface area contributed by atoms with E-state index in [1.807, 2.05) is 0 Å².